The molecule has 1 atom stereocenters. The quantitative estimate of drug-likeness (QED) is 0.898. The van der Waals surface area contributed by atoms with Crippen LogP contribution >= 0.6 is 11.6 Å². The van der Waals surface area contributed by atoms with Gasteiger partial charge in [0.1, 0.15) is 0 Å². The third-order valence-electron chi connectivity index (χ3n) is 3.78. The second-order valence-corrected chi connectivity index (χ2v) is 5.80. The maximum absolute atomic E-state index is 11.7. The van der Waals surface area contributed by atoms with Crippen molar-refractivity contribution in [2.45, 2.75) is 19.4 Å². The minimum absolute atomic E-state index is 0.189. The number of amides is 2. The number of nitrogens with zero attached hydrogens (tertiary/aromatic N) is 2. The average Bonchev–Trinajstić information content (AvgIpc) is 2.94. The van der Waals surface area contributed by atoms with Gasteiger partial charge >= 0.3 is 6.03 Å². The van der Waals surface area contributed by atoms with Crippen molar-refractivity contribution in [2.24, 2.45) is 10.8 Å². The monoisotopic (exact) mass is 313 g/mol. The Bertz CT molecular complexity index is 723. The summed E-state index contributed by atoms with van der Waals surface area (Å²) in [7, 11) is 0. The van der Waals surface area contributed by atoms with Crippen LogP contribution in [0.4, 0.5) is 4.79 Å². The highest BCUT2D eigenvalue weighted by molar-refractivity contribution is 6.30. The van der Waals surface area contributed by atoms with Gasteiger partial charge in [-0.25, -0.2) is 9.80 Å². The highest BCUT2D eigenvalue weighted by Crippen LogP contribution is 2.32. The Hall–Kier alpha value is -2.33. The Morgan fingerprint density at radius 3 is 2.41 bits per heavy atom. The molecule has 0 aromatic heterocycles. The number of halogens is 1. The lowest BCUT2D eigenvalue weighted by Gasteiger charge is -2.19. The van der Waals surface area contributed by atoms with E-state index < -0.39 is 6.03 Å². The summed E-state index contributed by atoms with van der Waals surface area (Å²) in [6, 6.07) is 14.7. The Labute approximate surface area is 134 Å². The van der Waals surface area contributed by atoms with Gasteiger partial charge in [0, 0.05) is 11.4 Å². The summed E-state index contributed by atoms with van der Waals surface area (Å²) in [6.07, 6.45) is 0.633. The van der Waals surface area contributed by atoms with Crippen molar-refractivity contribution in [1.29, 1.82) is 0 Å². The Kier molecular flexibility index (Phi) is 3.86. The number of primary amides is 1. The van der Waals surface area contributed by atoms with Crippen molar-refractivity contribution in [2.75, 3.05) is 0 Å². The summed E-state index contributed by atoms with van der Waals surface area (Å²) in [6.45, 7) is 2.03. The van der Waals surface area contributed by atoms with Crippen LogP contribution in [0.15, 0.2) is 53.6 Å². The van der Waals surface area contributed by atoms with Crippen molar-refractivity contribution in [3.63, 3.8) is 0 Å². The molecule has 2 amide bonds. The minimum atomic E-state index is -0.554. The molecule has 22 heavy (non-hydrogen) atoms. The molecule has 0 fully saturated rings. The summed E-state index contributed by atoms with van der Waals surface area (Å²) in [5.74, 6) is 0. The molecule has 2 aromatic carbocycles. The highest BCUT2D eigenvalue weighted by atomic mass is 35.5. The topological polar surface area (TPSA) is 58.7 Å². The lowest BCUT2D eigenvalue weighted by Crippen LogP contribution is -2.31. The highest BCUT2D eigenvalue weighted by Gasteiger charge is 2.31. The second-order valence-electron chi connectivity index (χ2n) is 5.37. The van der Waals surface area contributed by atoms with Crippen LogP contribution in [0.25, 0.3) is 0 Å². The van der Waals surface area contributed by atoms with E-state index >= 15 is 0 Å². The number of hydrogen-bond acceptors (Lipinski definition) is 2. The van der Waals surface area contributed by atoms with E-state index in [1.807, 2.05) is 43.3 Å². The molecule has 112 valence electrons. The minimum Gasteiger partial charge on any atom is -0.350 e. The van der Waals surface area contributed by atoms with E-state index in [0.717, 1.165) is 16.8 Å². The van der Waals surface area contributed by atoms with E-state index in [1.165, 1.54) is 10.6 Å². The fraction of sp³-hybridized carbons (Fsp3) is 0.176. The largest absolute Gasteiger partial charge is 0.350 e. The SMILES string of the molecule is Cc1ccc(C2=NN(C(N)=O)C(c3ccc(Cl)cc3)C2)cc1. The van der Waals surface area contributed by atoms with Gasteiger partial charge in [-0.15, -0.1) is 0 Å². The number of carbonyl (C=O) groups is 1. The molecule has 3 rings (SSSR count). The van der Waals surface area contributed by atoms with Gasteiger partial charge < -0.3 is 5.73 Å². The average molecular weight is 314 g/mol. The number of nitrogens with two attached hydrogens (primary N) is 1. The zero-order valence-corrected chi connectivity index (χ0v) is 12.9. The van der Waals surface area contributed by atoms with Crippen LogP contribution in [0.2, 0.25) is 5.02 Å². The van der Waals surface area contributed by atoms with Crippen molar-refractivity contribution >= 4 is 23.3 Å². The van der Waals surface area contributed by atoms with E-state index in [4.69, 9.17) is 17.3 Å². The molecule has 1 aliphatic heterocycles. The number of aryl methyl sites for hydroxylation is 1. The number of hydrogen-bond donors (Lipinski definition) is 1. The summed E-state index contributed by atoms with van der Waals surface area (Å²) < 4.78 is 0. The van der Waals surface area contributed by atoms with Crippen LogP contribution in [0.5, 0.6) is 0 Å². The molecule has 5 heteroatoms. The van der Waals surface area contributed by atoms with Crippen LogP contribution in [0.1, 0.15) is 29.2 Å². The lowest BCUT2D eigenvalue weighted by atomic mass is 9.98. The summed E-state index contributed by atoms with van der Waals surface area (Å²) in [4.78, 5) is 11.7. The van der Waals surface area contributed by atoms with Crippen molar-refractivity contribution < 1.29 is 4.79 Å². The number of benzene rings is 2. The molecular formula is C17H16ClN3O. The molecule has 4 nitrogen and oxygen atoms in total. The Morgan fingerprint density at radius 2 is 1.82 bits per heavy atom. The van der Waals surface area contributed by atoms with Crippen molar-refractivity contribution in [1.82, 2.24) is 5.01 Å². The first kappa shape index (κ1) is 14.6. The summed E-state index contributed by atoms with van der Waals surface area (Å²) >= 11 is 5.92. The Balaban J connectivity index is 1.92. The first-order valence-corrected chi connectivity index (χ1v) is 7.41. The number of hydrazone groups is 1. The molecule has 0 saturated carbocycles. The molecule has 0 radical (unpaired) electrons. The first-order chi connectivity index (χ1) is 10.5. The molecular weight excluding hydrogens is 298 g/mol. The lowest BCUT2D eigenvalue weighted by molar-refractivity contribution is 0.196. The summed E-state index contributed by atoms with van der Waals surface area (Å²) in [5, 5.41) is 6.42. The van der Waals surface area contributed by atoms with Crippen LogP contribution in [-0.2, 0) is 0 Å². The normalized spacial score (nSPS) is 17.5. The fourth-order valence-corrected chi connectivity index (χ4v) is 2.70. The number of carbonyl (C=O) groups excluding carboxylic acids is 1. The molecule has 0 bridgehead atoms. The van der Waals surface area contributed by atoms with Gasteiger partial charge in [-0.05, 0) is 30.2 Å². The third-order valence-corrected chi connectivity index (χ3v) is 4.03. The molecule has 1 aliphatic rings. The Morgan fingerprint density at radius 1 is 1.18 bits per heavy atom. The number of urea groups is 1. The fourth-order valence-electron chi connectivity index (χ4n) is 2.58. The van der Waals surface area contributed by atoms with Crippen molar-refractivity contribution in [3.8, 4) is 0 Å². The van der Waals surface area contributed by atoms with Gasteiger partial charge in [0.25, 0.3) is 0 Å². The summed E-state index contributed by atoms with van der Waals surface area (Å²) in [5.41, 5.74) is 9.49. The molecule has 1 heterocycles. The molecule has 1 unspecified atom stereocenters. The van der Waals surface area contributed by atoms with Gasteiger partial charge in [-0.3, -0.25) is 0 Å². The smallest absolute Gasteiger partial charge is 0.335 e. The van der Waals surface area contributed by atoms with Crippen LogP contribution in [0, 0.1) is 6.92 Å². The third kappa shape index (κ3) is 2.83. The predicted octanol–water partition coefficient (Wildman–Crippen LogP) is 3.88. The standard InChI is InChI=1S/C17H16ClN3O/c1-11-2-4-12(5-3-11)15-10-16(21(20-15)17(19)22)13-6-8-14(18)9-7-13/h2-9,16H,10H2,1H3,(H2,19,22). The molecule has 2 aromatic rings. The van der Waals surface area contributed by atoms with E-state index in [1.54, 1.807) is 12.1 Å². The first-order valence-electron chi connectivity index (χ1n) is 7.03. The van der Waals surface area contributed by atoms with E-state index in [0.29, 0.717) is 11.4 Å². The van der Waals surface area contributed by atoms with E-state index in [9.17, 15) is 4.79 Å². The van der Waals surface area contributed by atoms with Gasteiger partial charge in [-0.2, -0.15) is 5.10 Å². The van der Waals surface area contributed by atoms with E-state index in [-0.39, 0.29) is 6.04 Å². The maximum Gasteiger partial charge on any atom is 0.335 e. The van der Waals surface area contributed by atoms with Crippen molar-refractivity contribution in [3.05, 3.63) is 70.2 Å². The maximum atomic E-state index is 11.7. The molecule has 0 aliphatic carbocycles. The van der Waals surface area contributed by atoms with Gasteiger partial charge in [0.15, 0.2) is 0 Å². The number of rotatable bonds is 2. The second kappa shape index (κ2) is 5.81. The predicted molar refractivity (Wildman–Crippen MR) is 87.9 cm³/mol. The zero-order chi connectivity index (χ0) is 15.7. The van der Waals surface area contributed by atoms with Crippen LogP contribution < -0.4 is 5.73 Å². The van der Waals surface area contributed by atoms with Crippen LogP contribution in [0.3, 0.4) is 0 Å². The van der Waals surface area contributed by atoms with Gasteiger partial charge in [0.2, 0.25) is 0 Å². The molecule has 2 N–H and O–H groups in total. The van der Waals surface area contributed by atoms with Gasteiger partial charge in [0.05, 0.1) is 11.8 Å². The molecule has 0 saturated heterocycles. The van der Waals surface area contributed by atoms with E-state index in [2.05, 4.69) is 5.10 Å². The molecule has 0 spiro atoms. The van der Waals surface area contributed by atoms with Crippen LogP contribution in [-0.4, -0.2) is 16.8 Å². The van der Waals surface area contributed by atoms with Gasteiger partial charge in [-0.1, -0.05) is 53.6 Å². The zero-order valence-electron chi connectivity index (χ0n) is 12.2.